The number of anilines is 1. The Balaban J connectivity index is 2.49. The van der Waals surface area contributed by atoms with Crippen molar-refractivity contribution in [2.75, 3.05) is 25.1 Å². The Morgan fingerprint density at radius 3 is 2.94 bits per heavy atom. The molecular weight excluding hydrogens is 229 g/mol. The molecule has 92 valence electrons. The zero-order chi connectivity index (χ0) is 12.7. The largest absolute Gasteiger partial charge is 0.380 e. The molecule has 2 N–H and O–H groups in total. The lowest BCUT2D eigenvalue weighted by molar-refractivity contribution is -0.385. The molecule has 7 heteroatoms. The molecule has 0 saturated carbocycles. The topological polar surface area (TPSA) is 88.2 Å². The van der Waals surface area contributed by atoms with Crippen molar-refractivity contribution in [3.8, 4) is 0 Å². The van der Waals surface area contributed by atoms with Crippen molar-refractivity contribution in [2.24, 2.45) is 0 Å². The van der Waals surface area contributed by atoms with Crippen LogP contribution < -0.4 is 5.32 Å². The maximum absolute atomic E-state index is 13.3. The fourth-order valence-electron chi connectivity index (χ4n) is 1.16. The van der Waals surface area contributed by atoms with Crippen molar-refractivity contribution >= 4 is 17.6 Å². The molecule has 0 saturated heterocycles. The number of nitrogens with one attached hydrogen (secondary N) is 2. The Kier molecular flexibility index (Phi) is 5.02. The Labute approximate surface area is 97.1 Å². The van der Waals surface area contributed by atoms with Crippen LogP contribution in [0, 0.1) is 21.3 Å². The first-order chi connectivity index (χ1) is 8.15. The number of benzene rings is 1. The lowest BCUT2D eigenvalue weighted by atomic mass is 10.2. The fraction of sp³-hybridized carbons (Fsp3) is 0.300. The molecular formula is C10H12FN3O3. The zero-order valence-corrected chi connectivity index (χ0v) is 8.98. The van der Waals surface area contributed by atoms with Crippen LogP contribution in [0.1, 0.15) is 0 Å². The second kappa shape index (κ2) is 6.54. The summed E-state index contributed by atoms with van der Waals surface area (Å²) in [7, 11) is 0. The number of nitro benzene ring substituents is 1. The normalized spacial score (nSPS) is 9.94. The molecule has 0 radical (unpaired) electrons. The van der Waals surface area contributed by atoms with Gasteiger partial charge in [-0.1, -0.05) is 0 Å². The fourth-order valence-corrected chi connectivity index (χ4v) is 1.16. The summed E-state index contributed by atoms with van der Waals surface area (Å²) in [5.41, 5.74) is -0.0952. The molecule has 0 aliphatic carbocycles. The lowest BCUT2D eigenvalue weighted by Gasteiger charge is -2.07. The summed E-state index contributed by atoms with van der Waals surface area (Å²) in [6.07, 6.45) is 1.12. The Hall–Kier alpha value is -2.02. The molecule has 0 fully saturated rings. The minimum absolute atomic E-state index is 0.189. The van der Waals surface area contributed by atoms with Crippen molar-refractivity contribution in [3.63, 3.8) is 0 Å². The zero-order valence-electron chi connectivity index (χ0n) is 8.98. The van der Waals surface area contributed by atoms with Gasteiger partial charge in [0, 0.05) is 18.8 Å². The standard InChI is InChI=1S/C10H12FN3O3/c11-9-7-8(14(15)16)1-2-10(9)13-4-6-17-5-3-12/h1-3,7,12-13H,4-6H2. The average Bonchev–Trinajstić information content (AvgIpc) is 2.30. The highest BCUT2D eigenvalue weighted by Crippen LogP contribution is 2.19. The van der Waals surface area contributed by atoms with E-state index in [1.54, 1.807) is 0 Å². The van der Waals surface area contributed by atoms with Crippen molar-refractivity contribution in [2.45, 2.75) is 0 Å². The van der Waals surface area contributed by atoms with Crippen LogP contribution in [0.3, 0.4) is 0 Å². The number of halogens is 1. The molecule has 0 unspecified atom stereocenters. The van der Waals surface area contributed by atoms with Gasteiger partial charge in [-0.3, -0.25) is 10.1 Å². The summed E-state index contributed by atoms with van der Waals surface area (Å²) >= 11 is 0. The molecule has 0 atom stereocenters. The molecule has 0 aliphatic rings. The van der Waals surface area contributed by atoms with Crippen molar-refractivity contribution in [1.82, 2.24) is 0 Å². The third kappa shape index (κ3) is 4.15. The summed E-state index contributed by atoms with van der Waals surface area (Å²) in [5.74, 6) is -0.675. The molecule has 0 bridgehead atoms. The SMILES string of the molecule is N=CCOCCNc1ccc([N+](=O)[O-])cc1F. The first-order valence-corrected chi connectivity index (χ1v) is 4.89. The smallest absolute Gasteiger partial charge is 0.272 e. The molecule has 17 heavy (non-hydrogen) atoms. The van der Waals surface area contributed by atoms with Gasteiger partial charge in [-0.05, 0) is 6.07 Å². The summed E-state index contributed by atoms with van der Waals surface area (Å²) in [6.45, 7) is 0.902. The van der Waals surface area contributed by atoms with E-state index in [4.69, 9.17) is 10.1 Å². The van der Waals surface area contributed by atoms with E-state index in [0.717, 1.165) is 12.3 Å². The molecule has 0 aromatic heterocycles. The Bertz CT molecular complexity index is 412. The van der Waals surface area contributed by atoms with E-state index in [2.05, 4.69) is 5.32 Å². The summed E-state index contributed by atoms with van der Waals surface area (Å²) in [4.78, 5) is 9.72. The predicted octanol–water partition coefficient (Wildman–Crippen LogP) is 1.81. The second-order valence-electron chi connectivity index (χ2n) is 3.13. The maximum atomic E-state index is 13.3. The van der Waals surface area contributed by atoms with Crippen molar-refractivity contribution in [3.05, 3.63) is 34.1 Å². The third-order valence-electron chi connectivity index (χ3n) is 1.93. The van der Waals surface area contributed by atoms with E-state index < -0.39 is 10.7 Å². The van der Waals surface area contributed by atoms with Crippen LogP contribution in [-0.4, -0.2) is 30.9 Å². The Morgan fingerprint density at radius 1 is 1.59 bits per heavy atom. The van der Waals surface area contributed by atoms with Crippen LogP contribution >= 0.6 is 0 Å². The number of nitro groups is 1. The number of rotatable bonds is 7. The predicted molar refractivity (Wildman–Crippen MR) is 61.1 cm³/mol. The number of non-ortho nitro benzene ring substituents is 1. The average molecular weight is 241 g/mol. The first-order valence-electron chi connectivity index (χ1n) is 4.89. The van der Waals surface area contributed by atoms with Gasteiger partial charge in [-0.15, -0.1) is 0 Å². The molecule has 6 nitrogen and oxygen atoms in total. The van der Waals surface area contributed by atoms with Crippen LogP contribution in [0.4, 0.5) is 15.8 Å². The summed E-state index contributed by atoms with van der Waals surface area (Å²) in [6, 6.07) is 3.40. The maximum Gasteiger partial charge on any atom is 0.272 e. The molecule has 0 heterocycles. The van der Waals surface area contributed by atoms with Crippen molar-refractivity contribution < 1.29 is 14.1 Å². The minimum Gasteiger partial charge on any atom is -0.380 e. The first kappa shape index (κ1) is 13.0. The Morgan fingerprint density at radius 2 is 2.35 bits per heavy atom. The summed E-state index contributed by atoms with van der Waals surface area (Å²) < 4.78 is 18.3. The van der Waals surface area contributed by atoms with Gasteiger partial charge in [0.25, 0.3) is 5.69 Å². The van der Waals surface area contributed by atoms with Gasteiger partial charge < -0.3 is 15.5 Å². The lowest BCUT2D eigenvalue weighted by Crippen LogP contribution is -2.11. The highest BCUT2D eigenvalue weighted by atomic mass is 19.1. The number of hydrogen-bond donors (Lipinski definition) is 2. The van der Waals surface area contributed by atoms with Crippen LogP contribution in [0.15, 0.2) is 18.2 Å². The van der Waals surface area contributed by atoms with E-state index >= 15 is 0 Å². The van der Waals surface area contributed by atoms with E-state index in [1.807, 2.05) is 0 Å². The second-order valence-corrected chi connectivity index (χ2v) is 3.13. The molecule has 1 aromatic carbocycles. The van der Waals surface area contributed by atoms with E-state index in [9.17, 15) is 14.5 Å². The van der Waals surface area contributed by atoms with Gasteiger partial charge in [-0.2, -0.15) is 0 Å². The van der Waals surface area contributed by atoms with Gasteiger partial charge >= 0.3 is 0 Å². The number of hydrogen-bond acceptors (Lipinski definition) is 5. The quantitative estimate of drug-likeness (QED) is 0.330. The number of ether oxygens (including phenoxy) is 1. The van der Waals surface area contributed by atoms with E-state index in [1.165, 1.54) is 12.1 Å². The molecule has 1 rings (SSSR count). The van der Waals surface area contributed by atoms with Crippen LogP contribution in [-0.2, 0) is 4.74 Å². The van der Waals surface area contributed by atoms with Crippen LogP contribution in [0.5, 0.6) is 0 Å². The van der Waals surface area contributed by atoms with Gasteiger partial charge in [0.05, 0.1) is 29.9 Å². The number of nitrogens with zero attached hydrogens (tertiary/aromatic N) is 1. The van der Waals surface area contributed by atoms with Crippen molar-refractivity contribution in [1.29, 1.82) is 5.41 Å². The molecule has 0 aliphatic heterocycles. The minimum atomic E-state index is -0.675. The molecule has 0 amide bonds. The van der Waals surface area contributed by atoms with Crippen LogP contribution in [0.25, 0.3) is 0 Å². The third-order valence-corrected chi connectivity index (χ3v) is 1.93. The highest BCUT2D eigenvalue weighted by Gasteiger charge is 2.09. The van der Waals surface area contributed by atoms with Crippen LogP contribution in [0.2, 0.25) is 0 Å². The van der Waals surface area contributed by atoms with Gasteiger partial charge in [0.15, 0.2) is 5.82 Å². The van der Waals surface area contributed by atoms with E-state index in [0.29, 0.717) is 13.2 Å². The monoisotopic (exact) mass is 241 g/mol. The summed E-state index contributed by atoms with van der Waals surface area (Å²) in [5, 5.41) is 19.8. The molecule has 1 aromatic rings. The van der Waals surface area contributed by atoms with E-state index in [-0.39, 0.29) is 18.0 Å². The highest BCUT2D eigenvalue weighted by molar-refractivity contribution is 5.54. The van der Waals surface area contributed by atoms with Gasteiger partial charge in [-0.25, -0.2) is 4.39 Å². The molecule has 0 spiro atoms. The van der Waals surface area contributed by atoms with Gasteiger partial charge in [0.2, 0.25) is 0 Å². The van der Waals surface area contributed by atoms with Gasteiger partial charge in [0.1, 0.15) is 0 Å².